The highest BCUT2D eigenvalue weighted by molar-refractivity contribution is 7.08. The van der Waals surface area contributed by atoms with Crippen LogP contribution in [0.15, 0.2) is 39.4 Å². The molecule has 0 saturated carbocycles. The second-order valence-electron chi connectivity index (χ2n) is 5.23. The summed E-state index contributed by atoms with van der Waals surface area (Å²) >= 11 is 1.69. The number of aryl methyl sites for hydroxylation is 1. The van der Waals surface area contributed by atoms with Crippen molar-refractivity contribution in [3.63, 3.8) is 0 Å². The molecule has 2 heterocycles. The van der Waals surface area contributed by atoms with Crippen LogP contribution in [-0.4, -0.2) is 6.54 Å². The van der Waals surface area contributed by atoms with Crippen molar-refractivity contribution in [2.45, 2.75) is 26.3 Å². The van der Waals surface area contributed by atoms with E-state index in [1.165, 1.54) is 23.3 Å². The van der Waals surface area contributed by atoms with Gasteiger partial charge in [-0.3, -0.25) is 0 Å². The van der Waals surface area contributed by atoms with Gasteiger partial charge in [-0.1, -0.05) is 6.92 Å². The van der Waals surface area contributed by atoms with E-state index in [0.29, 0.717) is 0 Å². The van der Waals surface area contributed by atoms with Crippen LogP contribution in [0, 0.1) is 12.7 Å². The summed E-state index contributed by atoms with van der Waals surface area (Å²) in [6.07, 6.45) is 1.05. The van der Waals surface area contributed by atoms with E-state index in [1.807, 2.05) is 6.07 Å². The second-order valence-corrected chi connectivity index (χ2v) is 5.97. The predicted octanol–water partition coefficient (Wildman–Crippen LogP) is 5.03. The number of hydrogen-bond acceptors (Lipinski definition) is 3. The summed E-state index contributed by atoms with van der Waals surface area (Å²) < 4.78 is 19.3. The van der Waals surface area contributed by atoms with Crippen LogP contribution in [0.25, 0.3) is 11.0 Å². The first kappa shape index (κ1) is 14.3. The van der Waals surface area contributed by atoms with Gasteiger partial charge in [-0.05, 0) is 66.0 Å². The van der Waals surface area contributed by atoms with Gasteiger partial charge in [0.25, 0.3) is 0 Å². The average Bonchev–Trinajstić information content (AvgIpc) is 3.06. The molecule has 0 radical (unpaired) electrons. The van der Waals surface area contributed by atoms with Crippen molar-refractivity contribution in [3.05, 3.63) is 57.7 Å². The summed E-state index contributed by atoms with van der Waals surface area (Å²) in [6.45, 7) is 5.15. The van der Waals surface area contributed by atoms with E-state index < -0.39 is 0 Å². The molecule has 0 bridgehead atoms. The van der Waals surface area contributed by atoms with Crippen LogP contribution >= 0.6 is 11.3 Å². The van der Waals surface area contributed by atoms with Crippen molar-refractivity contribution in [2.75, 3.05) is 6.54 Å². The van der Waals surface area contributed by atoms with Gasteiger partial charge < -0.3 is 9.73 Å². The number of benzene rings is 1. The topological polar surface area (TPSA) is 25.2 Å². The van der Waals surface area contributed by atoms with Crippen LogP contribution in [-0.2, 0) is 0 Å². The summed E-state index contributed by atoms with van der Waals surface area (Å²) in [5.74, 6) is 0.602. The Bertz CT molecular complexity index is 746. The molecule has 110 valence electrons. The Morgan fingerprint density at radius 1 is 1.29 bits per heavy atom. The maximum atomic E-state index is 13.3. The van der Waals surface area contributed by atoms with Crippen molar-refractivity contribution in [1.82, 2.24) is 5.32 Å². The molecule has 4 heteroatoms. The van der Waals surface area contributed by atoms with Gasteiger partial charge in [0, 0.05) is 5.39 Å². The molecule has 21 heavy (non-hydrogen) atoms. The van der Waals surface area contributed by atoms with Crippen LogP contribution < -0.4 is 5.32 Å². The summed E-state index contributed by atoms with van der Waals surface area (Å²) in [5, 5.41) is 8.62. The minimum absolute atomic E-state index is 0.0201. The summed E-state index contributed by atoms with van der Waals surface area (Å²) in [4.78, 5) is 0. The van der Waals surface area contributed by atoms with Gasteiger partial charge in [0.2, 0.25) is 0 Å². The highest BCUT2D eigenvalue weighted by atomic mass is 32.1. The quantitative estimate of drug-likeness (QED) is 0.715. The highest BCUT2D eigenvalue weighted by Crippen LogP contribution is 2.31. The molecule has 0 spiro atoms. The minimum Gasteiger partial charge on any atom is -0.459 e. The van der Waals surface area contributed by atoms with E-state index in [2.05, 4.69) is 29.9 Å². The maximum absolute atomic E-state index is 13.3. The lowest BCUT2D eigenvalue weighted by molar-refractivity contribution is 0.469. The standard InChI is InChI=1S/C17H18FNOS/c1-3-6-19-17(14-10-21-9-11(14)2)16-8-12-7-13(18)4-5-15(12)20-16/h4-5,7-10,17,19H,3,6H2,1-2H3. The number of nitrogens with one attached hydrogen (secondary N) is 1. The largest absolute Gasteiger partial charge is 0.459 e. The fourth-order valence-corrected chi connectivity index (χ4v) is 3.37. The Labute approximate surface area is 127 Å². The molecule has 1 atom stereocenters. The summed E-state index contributed by atoms with van der Waals surface area (Å²) in [6, 6.07) is 6.58. The summed E-state index contributed by atoms with van der Waals surface area (Å²) in [7, 11) is 0. The predicted molar refractivity (Wildman–Crippen MR) is 85.4 cm³/mol. The van der Waals surface area contributed by atoms with E-state index in [4.69, 9.17) is 4.42 Å². The van der Waals surface area contributed by atoms with Crippen LogP contribution in [0.1, 0.15) is 36.3 Å². The van der Waals surface area contributed by atoms with Gasteiger partial charge in [0.15, 0.2) is 0 Å². The fourth-order valence-electron chi connectivity index (χ4n) is 2.50. The van der Waals surface area contributed by atoms with E-state index >= 15 is 0 Å². The molecule has 1 N–H and O–H groups in total. The number of furan rings is 1. The fraction of sp³-hybridized carbons (Fsp3) is 0.294. The Balaban J connectivity index is 2.03. The first-order valence-electron chi connectivity index (χ1n) is 7.14. The number of fused-ring (bicyclic) bond motifs is 1. The zero-order chi connectivity index (χ0) is 14.8. The zero-order valence-corrected chi connectivity index (χ0v) is 13.0. The molecule has 1 aromatic carbocycles. The second kappa shape index (κ2) is 6.00. The first-order valence-corrected chi connectivity index (χ1v) is 8.08. The Hall–Kier alpha value is -1.65. The molecule has 0 aliphatic carbocycles. The van der Waals surface area contributed by atoms with E-state index in [9.17, 15) is 4.39 Å². The maximum Gasteiger partial charge on any atom is 0.134 e. The van der Waals surface area contributed by atoms with E-state index in [1.54, 1.807) is 17.4 Å². The third kappa shape index (κ3) is 2.87. The molecule has 0 aliphatic heterocycles. The lowest BCUT2D eigenvalue weighted by Crippen LogP contribution is -2.22. The average molecular weight is 303 g/mol. The van der Waals surface area contributed by atoms with E-state index in [0.717, 1.165) is 29.7 Å². The van der Waals surface area contributed by atoms with Crippen molar-refractivity contribution in [1.29, 1.82) is 0 Å². The Kier molecular flexibility index (Phi) is 4.08. The van der Waals surface area contributed by atoms with Gasteiger partial charge in [-0.2, -0.15) is 11.3 Å². The monoisotopic (exact) mass is 303 g/mol. The van der Waals surface area contributed by atoms with Crippen LogP contribution in [0.3, 0.4) is 0 Å². The minimum atomic E-state index is -0.236. The Morgan fingerprint density at radius 2 is 2.14 bits per heavy atom. The molecule has 0 fully saturated rings. The van der Waals surface area contributed by atoms with Crippen molar-refractivity contribution in [2.24, 2.45) is 0 Å². The summed E-state index contributed by atoms with van der Waals surface area (Å²) in [5.41, 5.74) is 3.20. The molecular formula is C17H18FNOS. The normalized spacial score (nSPS) is 12.9. The third-order valence-corrected chi connectivity index (χ3v) is 4.47. The van der Waals surface area contributed by atoms with Crippen LogP contribution in [0.5, 0.6) is 0 Å². The number of hydrogen-bond donors (Lipinski definition) is 1. The molecule has 0 aliphatic rings. The molecule has 1 unspecified atom stereocenters. The van der Waals surface area contributed by atoms with Gasteiger partial charge >= 0.3 is 0 Å². The van der Waals surface area contributed by atoms with Gasteiger partial charge in [-0.25, -0.2) is 4.39 Å². The highest BCUT2D eigenvalue weighted by Gasteiger charge is 2.20. The van der Waals surface area contributed by atoms with Crippen LogP contribution in [0.2, 0.25) is 0 Å². The van der Waals surface area contributed by atoms with Gasteiger partial charge in [-0.15, -0.1) is 0 Å². The molecule has 0 saturated heterocycles. The molecule has 3 aromatic rings. The third-order valence-electron chi connectivity index (χ3n) is 3.59. The number of halogens is 1. The first-order chi connectivity index (χ1) is 10.2. The molecule has 2 nitrogen and oxygen atoms in total. The van der Waals surface area contributed by atoms with Crippen molar-refractivity contribution in [3.8, 4) is 0 Å². The Morgan fingerprint density at radius 3 is 2.86 bits per heavy atom. The van der Waals surface area contributed by atoms with Crippen molar-refractivity contribution >= 4 is 22.3 Å². The number of thiophene rings is 1. The van der Waals surface area contributed by atoms with Gasteiger partial charge in [0.1, 0.15) is 17.2 Å². The van der Waals surface area contributed by atoms with Gasteiger partial charge in [0.05, 0.1) is 6.04 Å². The molecular weight excluding hydrogens is 285 g/mol. The lowest BCUT2D eigenvalue weighted by Gasteiger charge is -2.16. The van der Waals surface area contributed by atoms with Crippen LogP contribution in [0.4, 0.5) is 4.39 Å². The molecule has 2 aromatic heterocycles. The zero-order valence-electron chi connectivity index (χ0n) is 12.2. The van der Waals surface area contributed by atoms with E-state index in [-0.39, 0.29) is 11.9 Å². The smallest absolute Gasteiger partial charge is 0.134 e. The molecule has 0 amide bonds. The van der Waals surface area contributed by atoms with Crippen molar-refractivity contribution < 1.29 is 8.81 Å². The number of rotatable bonds is 5. The SMILES string of the molecule is CCCNC(c1cc2cc(F)ccc2o1)c1cscc1C. The lowest BCUT2D eigenvalue weighted by atomic mass is 10.0. The molecule has 3 rings (SSSR count).